The van der Waals surface area contributed by atoms with Crippen LogP contribution in [0.2, 0.25) is 0 Å². The summed E-state index contributed by atoms with van der Waals surface area (Å²) in [7, 11) is 0. The van der Waals surface area contributed by atoms with Gasteiger partial charge < -0.3 is 9.84 Å². The highest BCUT2D eigenvalue weighted by Gasteiger charge is 2.24. The van der Waals surface area contributed by atoms with E-state index in [0.717, 1.165) is 31.5 Å². The lowest BCUT2D eigenvalue weighted by atomic mass is 10.1. The van der Waals surface area contributed by atoms with E-state index in [1.54, 1.807) is 6.07 Å². The van der Waals surface area contributed by atoms with Gasteiger partial charge in [-0.05, 0) is 24.5 Å². The normalized spacial score (nSPS) is 16.8. The molecular weight excluding hydrogens is 372 g/mol. The maximum Gasteiger partial charge on any atom is 0.287 e. The molecule has 29 heavy (non-hydrogen) atoms. The van der Waals surface area contributed by atoms with Gasteiger partial charge in [0.05, 0.1) is 11.5 Å². The van der Waals surface area contributed by atoms with E-state index in [9.17, 15) is 10.1 Å². The fourth-order valence-electron chi connectivity index (χ4n) is 3.40. The van der Waals surface area contributed by atoms with Crippen LogP contribution in [0.3, 0.4) is 0 Å². The molecule has 150 valence electrons. The van der Waals surface area contributed by atoms with Gasteiger partial charge >= 0.3 is 0 Å². The van der Waals surface area contributed by atoms with Gasteiger partial charge in [0, 0.05) is 30.8 Å². The Morgan fingerprint density at radius 1 is 1.28 bits per heavy atom. The largest absolute Gasteiger partial charge is 0.366 e. The van der Waals surface area contributed by atoms with Crippen molar-refractivity contribution < 1.29 is 9.45 Å². The Labute approximate surface area is 167 Å². The molecule has 1 saturated heterocycles. The van der Waals surface area contributed by atoms with E-state index in [1.165, 1.54) is 17.8 Å². The Bertz CT molecular complexity index is 971. The van der Waals surface area contributed by atoms with Gasteiger partial charge in [-0.1, -0.05) is 36.3 Å². The molecule has 3 heterocycles. The number of likely N-dealkylation sites (tertiary alicyclic amines) is 1. The average Bonchev–Trinajstić information content (AvgIpc) is 3.38. The fraction of sp³-hybridized carbons (Fsp3) is 0.350. The summed E-state index contributed by atoms with van der Waals surface area (Å²) in [6, 6.07) is 11.5. The molecule has 0 spiro atoms. The predicted molar refractivity (Wildman–Crippen MR) is 107 cm³/mol. The van der Waals surface area contributed by atoms with Crippen molar-refractivity contribution >= 4 is 11.5 Å². The number of aryl methyl sites for hydroxylation is 1. The van der Waals surface area contributed by atoms with Gasteiger partial charge in [0.15, 0.2) is 0 Å². The average molecular weight is 394 g/mol. The van der Waals surface area contributed by atoms with Crippen LogP contribution in [-0.2, 0) is 13.0 Å². The van der Waals surface area contributed by atoms with Crippen molar-refractivity contribution in [3.05, 3.63) is 64.2 Å². The topological polar surface area (TPSA) is 110 Å². The van der Waals surface area contributed by atoms with Gasteiger partial charge in [0.2, 0.25) is 11.7 Å². The monoisotopic (exact) mass is 394 g/mol. The molecule has 1 fully saturated rings. The van der Waals surface area contributed by atoms with Crippen molar-refractivity contribution in [1.82, 2.24) is 20.0 Å². The second-order valence-electron chi connectivity index (χ2n) is 7.09. The minimum absolute atomic E-state index is 0.0138. The number of nitro groups is 1. The zero-order chi connectivity index (χ0) is 20.2. The highest BCUT2D eigenvalue weighted by Crippen LogP contribution is 2.20. The van der Waals surface area contributed by atoms with E-state index < -0.39 is 4.92 Å². The third kappa shape index (κ3) is 4.57. The number of benzene rings is 1. The molecule has 9 nitrogen and oxygen atoms in total. The third-order valence-corrected chi connectivity index (χ3v) is 5.03. The molecule has 1 aromatic carbocycles. The first kappa shape index (κ1) is 19.0. The molecule has 1 aliphatic heterocycles. The Morgan fingerprint density at radius 2 is 2.10 bits per heavy atom. The third-order valence-electron chi connectivity index (χ3n) is 5.03. The van der Waals surface area contributed by atoms with Crippen LogP contribution < -0.4 is 5.32 Å². The maximum absolute atomic E-state index is 10.7. The van der Waals surface area contributed by atoms with Crippen molar-refractivity contribution in [3.63, 3.8) is 0 Å². The van der Waals surface area contributed by atoms with Crippen molar-refractivity contribution in [2.24, 2.45) is 0 Å². The summed E-state index contributed by atoms with van der Waals surface area (Å²) in [5.41, 5.74) is 2.21. The van der Waals surface area contributed by atoms with E-state index in [-0.39, 0.29) is 11.7 Å². The molecule has 0 amide bonds. The molecule has 0 radical (unpaired) electrons. The number of anilines is 1. The van der Waals surface area contributed by atoms with E-state index in [1.807, 2.05) is 12.1 Å². The van der Waals surface area contributed by atoms with Crippen LogP contribution in [0.15, 0.2) is 47.1 Å². The summed E-state index contributed by atoms with van der Waals surface area (Å²) < 4.78 is 5.43. The Kier molecular flexibility index (Phi) is 5.48. The highest BCUT2D eigenvalue weighted by atomic mass is 16.6. The van der Waals surface area contributed by atoms with Crippen LogP contribution in [0.1, 0.15) is 24.8 Å². The van der Waals surface area contributed by atoms with Gasteiger partial charge in [-0.2, -0.15) is 4.98 Å². The van der Waals surface area contributed by atoms with Crippen molar-refractivity contribution in [1.29, 1.82) is 0 Å². The van der Waals surface area contributed by atoms with E-state index in [2.05, 4.69) is 44.4 Å². The summed E-state index contributed by atoms with van der Waals surface area (Å²) in [4.78, 5) is 21.1. The minimum Gasteiger partial charge on any atom is -0.366 e. The lowest BCUT2D eigenvalue weighted by Gasteiger charge is -2.15. The molecule has 0 aliphatic carbocycles. The smallest absolute Gasteiger partial charge is 0.287 e. The van der Waals surface area contributed by atoms with E-state index in [0.29, 0.717) is 24.1 Å². The standard InChI is InChI=1S/C20H22N6O3/c1-2-14-3-5-15(6-4-14)20-23-19(29-24-20)13-25-10-9-16(12-25)22-18-8-7-17(11-21-18)26(27)28/h3-8,11,16H,2,9-10,12-13H2,1H3,(H,21,22). The van der Waals surface area contributed by atoms with Crippen LogP contribution >= 0.6 is 0 Å². The molecule has 4 rings (SSSR count). The number of rotatable bonds is 7. The lowest BCUT2D eigenvalue weighted by molar-refractivity contribution is -0.385. The minimum atomic E-state index is -0.453. The number of nitrogens with zero attached hydrogens (tertiary/aromatic N) is 5. The van der Waals surface area contributed by atoms with Crippen molar-refractivity contribution in [2.75, 3.05) is 18.4 Å². The molecule has 0 bridgehead atoms. The molecule has 0 saturated carbocycles. The van der Waals surface area contributed by atoms with Crippen LogP contribution in [0.4, 0.5) is 11.5 Å². The van der Waals surface area contributed by atoms with Crippen LogP contribution in [0.5, 0.6) is 0 Å². The lowest BCUT2D eigenvalue weighted by Crippen LogP contribution is -2.26. The number of pyridine rings is 1. The Morgan fingerprint density at radius 3 is 2.79 bits per heavy atom. The Balaban J connectivity index is 1.32. The summed E-state index contributed by atoms with van der Waals surface area (Å²) in [5, 5.41) is 18.1. The zero-order valence-corrected chi connectivity index (χ0v) is 16.1. The van der Waals surface area contributed by atoms with Gasteiger partial charge in [-0.15, -0.1) is 0 Å². The maximum atomic E-state index is 10.7. The van der Waals surface area contributed by atoms with Gasteiger partial charge in [0.1, 0.15) is 12.0 Å². The molecule has 1 unspecified atom stereocenters. The van der Waals surface area contributed by atoms with Crippen LogP contribution in [0.25, 0.3) is 11.4 Å². The number of hydrogen-bond donors (Lipinski definition) is 1. The van der Waals surface area contributed by atoms with Gasteiger partial charge in [0.25, 0.3) is 5.69 Å². The summed E-state index contributed by atoms with van der Waals surface area (Å²) in [6.07, 6.45) is 3.21. The first-order chi connectivity index (χ1) is 14.1. The molecule has 1 aliphatic rings. The first-order valence-electron chi connectivity index (χ1n) is 9.62. The molecule has 2 aromatic heterocycles. The van der Waals surface area contributed by atoms with E-state index >= 15 is 0 Å². The molecule has 3 aromatic rings. The van der Waals surface area contributed by atoms with Gasteiger partial charge in [-0.25, -0.2) is 4.98 Å². The predicted octanol–water partition coefficient (Wildman–Crippen LogP) is 3.29. The second-order valence-corrected chi connectivity index (χ2v) is 7.09. The van der Waals surface area contributed by atoms with E-state index in [4.69, 9.17) is 4.52 Å². The molecular formula is C20H22N6O3. The molecule has 1 atom stereocenters. The number of nitrogens with one attached hydrogen (secondary N) is 1. The number of hydrogen-bond acceptors (Lipinski definition) is 8. The fourth-order valence-corrected chi connectivity index (χ4v) is 3.40. The summed E-state index contributed by atoms with van der Waals surface area (Å²) >= 11 is 0. The van der Waals surface area contributed by atoms with Crippen molar-refractivity contribution in [2.45, 2.75) is 32.4 Å². The van der Waals surface area contributed by atoms with Gasteiger partial charge in [-0.3, -0.25) is 15.0 Å². The zero-order valence-electron chi connectivity index (χ0n) is 16.1. The molecule has 1 N–H and O–H groups in total. The van der Waals surface area contributed by atoms with Crippen LogP contribution in [-0.4, -0.2) is 44.1 Å². The first-order valence-corrected chi connectivity index (χ1v) is 9.62. The summed E-state index contributed by atoms with van der Waals surface area (Å²) in [5.74, 6) is 1.83. The quantitative estimate of drug-likeness (QED) is 0.480. The van der Waals surface area contributed by atoms with Crippen molar-refractivity contribution in [3.8, 4) is 11.4 Å². The highest BCUT2D eigenvalue weighted by molar-refractivity contribution is 5.54. The number of aromatic nitrogens is 3. The summed E-state index contributed by atoms with van der Waals surface area (Å²) in [6.45, 7) is 4.42. The second kappa shape index (κ2) is 8.36. The van der Waals surface area contributed by atoms with Crippen LogP contribution in [0, 0.1) is 10.1 Å². The molecule has 9 heteroatoms. The SMILES string of the molecule is CCc1ccc(-c2noc(CN3CCC(Nc4ccc([N+](=O)[O-])cn4)C3)n2)cc1. The Hall–Kier alpha value is -3.33.